The van der Waals surface area contributed by atoms with Crippen molar-refractivity contribution >= 4 is 11.6 Å². The number of nitrogens with one attached hydrogen (secondary N) is 1. The third kappa shape index (κ3) is 2.37. The molecule has 1 heterocycles. The molecule has 1 aliphatic rings. The molecule has 16 heavy (non-hydrogen) atoms. The molecule has 1 fully saturated rings. The van der Waals surface area contributed by atoms with Crippen molar-refractivity contribution in [2.45, 2.75) is 12.5 Å². The van der Waals surface area contributed by atoms with E-state index in [2.05, 4.69) is 5.32 Å². The van der Waals surface area contributed by atoms with Crippen molar-refractivity contribution in [3.05, 3.63) is 34.6 Å². The Morgan fingerprint density at radius 1 is 1.56 bits per heavy atom. The lowest BCUT2D eigenvalue weighted by Crippen LogP contribution is -2.22. The van der Waals surface area contributed by atoms with E-state index < -0.39 is 0 Å². The Morgan fingerprint density at radius 3 is 3.12 bits per heavy atom. The summed E-state index contributed by atoms with van der Waals surface area (Å²) < 4.78 is 19.3. The Labute approximate surface area is 99.7 Å². The molecule has 2 atom stereocenters. The molecular weight excluding hydrogens is 229 g/mol. The van der Waals surface area contributed by atoms with Gasteiger partial charge in [-0.15, -0.1) is 0 Å². The zero-order chi connectivity index (χ0) is 11.5. The monoisotopic (exact) mass is 243 g/mol. The minimum absolute atomic E-state index is 0.175. The molecule has 2 nitrogen and oxygen atoms in total. The van der Waals surface area contributed by atoms with Crippen molar-refractivity contribution in [2.24, 2.45) is 5.92 Å². The minimum Gasteiger partial charge on any atom is -0.373 e. The van der Waals surface area contributed by atoms with E-state index in [1.165, 1.54) is 6.07 Å². The highest BCUT2D eigenvalue weighted by molar-refractivity contribution is 6.30. The third-order valence-electron chi connectivity index (χ3n) is 2.95. The Morgan fingerprint density at radius 2 is 2.38 bits per heavy atom. The van der Waals surface area contributed by atoms with E-state index in [0.717, 1.165) is 13.0 Å². The van der Waals surface area contributed by atoms with E-state index in [-0.39, 0.29) is 11.9 Å². The predicted molar refractivity (Wildman–Crippen MR) is 62.1 cm³/mol. The highest BCUT2D eigenvalue weighted by atomic mass is 35.5. The van der Waals surface area contributed by atoms with Crippen LogP contribution < -0.4 is 5.32 Å². The van der Waals surface area contributed by atoms with Crippen LogP contribution in [0.15, 0.2) is 18.2 Å². The number of hydrogen-bond donors (Lipinski definition) is 1. The zero-order valence-electron chi connectivity index (χ0n) is 9.17. The molecule has 1 aliphatic heterocycles. The lowest BCUT2D eigenvalue weighted by Gasteiger charge is -2.19. The molecule has 0 saturated carbocycles. The second-order valence-corrected chi connectivity index (χ2v) is 4.50. The second kappa shape index (κ2) is 5.13. The standard InChI is InChI=1S/C12H15ClFNO/c1-15-7-8-4-5-16-12(8)10-6-9(13)2-3-11(10)14/h2-3,6,8,12,15H,4-5,7H2,1H3. The van der Waals surface area contributed by atoms with Gasteiger partial charge in [-0.1, -0.05) is 11.6 Å². The summed E-state index contributed by atoms with van der Waals surface area (Å²) in [6, 6.07) is 4.62. The molecule has 2 unspecified atom stereocenters. The first-order chi connectivity index (χ1) is 7.72. The van der Waals surface area contributed by atoms with Crippen LogP contribution in [0.4, 0.5) is 4.39 Å². The SMILES string of the molecule is CNCC1CCOC1c1cc(Cl)ccc1F. The zero-order valence-corrected chi connectivity index (χ0v) is 9.93. The highest BCUT2D eigenvalue weighted by Gasteiger charge is 2.31. The van der Waals surface area contributed by atoms with Gasteiger partial charge in [0, 0.05) is 29.7 Å². The van der Waals surface area contributed by atoms with Gasteiger partial charge in [0.2, 0.25) is 0 Å². The average Bonchev–Trinajstić information content (AvgIpc) is 2.70. The molecular formula is C12H15ClFNO. The molecule has 2 rings (SSSR count). The van der Waals surface area contributed by atoms with Crippen LogP contribution in [0.2, 0.25) is 5.02 Å². The van der Waals surface area contributed by atoms with Gasteiger partial charge in [-0.25, -0.2) is 4.39 Å². The fraction of sp³-hybridized carbons (Fsp3) is 0.500. The Bertz CT molecular complexity index is 372. The van der Waals surface area contributed by atoms with E-state index >= 15 is 0 Å². The molecule has 0 spiro atoms. The normalized spacial score (nSPS) is 24.9. The van der Waals surface area contributed by atoms with Gasteiger partial charge in [0.1, 0.15) is 5.82 Å². The molecule has 1 N–H and O–H groups in total. The van der Waals surface area contributed by atoms with Crippen LogP contribution in [-0.4, -0.2) is 20.2 Å². The highest BCUT2D eigenvalue weighted by Crippen LogP contribution is 2.36. The van der Waals surface area contributed by atoms with Gasteiger partial charge < -0.3 is 10.1 Å². The van der Waals surface area contributed by atoms with Crippen molar-refractivity contribution in [1.82, 2.24) is 5.32 Å². The first kappa shape index (κ1) is 11.8. The van der Waals surface area contributed by atoms with E-state index in [9.17, 15) is 4.39 Å². The van der Waals surface area contributed by atoms with Crippen LogP contribution in [-0.2, 0) is 4.74 Å². The van der Waals surface area contributed by atoms with Gasteiger partial charge in [-0.05, 0) is 31.7 Å². The number of rotatable bonds is 3. The van der Waals surface area contributed by atoms with Gasteiger partial charge >= 0.3 is 0 Å². The molecule has 1 saturated heterocycles. The van der Waals surface area contributed by atoms with Crippen LogP contribution >= 0.6 is 11.6 Å². The number of halogens is 2. The Balaban J connectivity index is 2.25. The van der Waals surface area contributed by atoms with Crippen molar-refractivity contribution in [2.75, 3.05) is 20.2 Å². The number of ether oxygens (including phenoxy) is 1. The summed E-state index contributed by atoms with van der Waals surface area (Å²) in [6.45, 7) is 1.51. The second-order valence-electron chi connectivity index (χ2n) is 4.06. The summed E-state index contributed by atoms with van der Waals surface area (Å²) >= 11 is 5.88. The molecule has 4 heteroatoms. The van der Waals surface area contributed by atoms with Crippen LogP contribution in [0.5, 0.6) is 0 Å². The first-order valence-electron chi connectivity index (χ1n) is 5.43. The largest absolute Gasteiger partial charge is 0.373 e. The van der Waals surface area contributed by atoms with E-state index in [0.29, 0.717) is 23.1 Å². The number of hydrogen-bond acceptors (Lipinski definition) is 2. The van der Waals surface area contributed by atoms with E-state index in [1.54, 1.807) is 12.1 Å². The van der Waals surface area contributed by atoms with Crippen LogP contribution in [0.25, 0.3) is 0 Å². The quantitative estimate of drug-likeness (QED) is 0.882. The van der Waals surface area contributed by atoms with Crippen LogP contribution in [0, 0.1) is 11.7 Å². The van der Waals surface area contributed by atoms with Gasteiger partial charge in [-0.2, -0.15) is 0 Å². The Kier molecular flexibility index (Phi) is 3.79. The predicted octanol–water partition coefficient (Wildman–Crippen LogP) is 2.78. The molecule has 0 amide bonds. The third-order valence-corrected chi connectivity index (χ3v) is 3.18. The topological polar surface area (TPSA) is 21.3 Å². The van der Waals surface area contributed by atoms with E-state index in [4.69, 9.17) is 16.3 Å². The van der Waals surface area contributed by atoms with Crippen molar-refractivity contribution in [3.8, 4) is 0 Å². The maximum Gasteiger partial charge on any atom is 0.129 e. The summed E-state index contributed by atoms with van der Waals surface area (Å²) in [4.78, 5) is 0. The smallest absolute Gasteiger partial charge is 0.129 e. The summed E-state index contributed by atoms with van der Waals surface area (Å²) in [5, 5.41) is 3.66. The molecule has 88 valence electrons. The summed E-state index contributed by atoms with van der Waals surface area (Å²) in [6.07, 6.45) is 0.781. The molecule has 0 radical (unpaired) electrons. The van der Waals surface area contributed by atoms with Crippen LogP contribution in [0.1, 0.15) is 18.1 Å². The van der Waals surface area contributed by atoms with Gasteiger partial charge in [0.05, 0.1) is 6.10 Å². The minimum atomic E-state index is -0.239. The van der Waals surface area contributed by atoms with Crippen molar-refractivity contribution < 1.29 is 9.13 Å². The molecule has 0 aliphatic carbocycles. The molecule has 1 aromatic carbocycles. The summed E-state index contributed by atoms with van der Waals surface area (Å²) in [7, 11) is 1.89. The summed E-state index contributed by atoms with van der Waals surface area (Å²) in [5.41, 5.74) is 0.574. The fourth-order valence-electron chi connectivity index (χ4n) is 2.18. The van der Waals surface area contributed by atoms with E-state index in [1.807, 2.05) is 7.05 Å². The van der Waals surface area contributed by atoms with Crippen molar-refractivity contribution in [1.29, 1.82) is 0 Å². The Hall–Kier alpha value is -0.640. The first-order valence-corrected chi connectivity index (χ1v) is 5.81. The lowest BCUT2D eigenvalue weighted by atomic mass is 9.95. The molecule has 0 aromatic heterocycles. The maximum absolute atomic E-state index is 13.7. The average molecular weight is 244 g/mol. The number of benzene rings is 1. The fourth-order valence-corrected chi connectivity index (χ4v) is 2.36. The maximum atomic E-state index is 13.7. The van der Waals surface area contributed by atoms with Gasteiger partial charge in [0.15, 0.2) is 0 Å². The summed E-state index contributed by atoms with van der Waals surface area (Å²) in [5.74, 6) is 0.0790. The van der Waals surface area contributed by atoms with Crippen molar-refractivity contribution in [3.63, 3.8) is 0 Å². The molecule has 1 aromatic rings. The van der Waals surface area contributed by atoms with Crippen LogP contribution in [0.3, 0.4) is 0 Å². The van der Waals surface area contributed by atoms with Gasteiger partial charge in [0.25, 0.3) is 0 Å². The molecule has 0 bridgehead atoms. The lowest BCUT2D eigenvalue weighted by molar-refractivity contribution is 0.0879. The van der Waals surface area contributed by atoms with Gasteiger partial charge in [-0.3, -0.25) is 0 Å².